The zero-order valence-electron chi connectivity index (χ0n) is 15.6. The summed E-state index contributed by atoms with van der Waals surface area (Å²) >= 11 is 0. The SMILES string of the molecule is Cc1ccncc1-c1cc(N)c2cnc(Nc3ccn(C(C)C)n3)cc2c1. The fourth-order valence-corrected chi connectivity index (χ4v) is 3.10. The molecule has 0 unspecified atom stereocenters. The van der Waals surface area contributed by atoms with E-state index in [1.165, 1.54) is 0 Å². The number of benzene rings is 1. The predicted molar refractivity (Wildman–Crippen MR) is 110 cm³/mol. The Balaban J connectivity index is 1.73. The largest absolute Gasteiger partial charge is 0.398 e. The zero-order chi connectivity index (χ0) is 19.0. The lowest BCUT2D eigenvalue weighted by atomic mass is 9.99. The fourth-order valence-electron chi connectivity index (χ4n) is 3.10. The van der Waals surface area contributed by atoms with Gasteiger partial charge in [0.15, 0.2) is 5.82 Å². The first-order valence-electron chi connectivity index (χ1n) is 8.94. The van der Waals surface area contributed by atoms with Crippen molar-refractivity contribution < 1.29 is 0 Å². The number of aromatic nitrogens is 4. The van der Waals surface area contributed by atoms with Gasteiger partial charge >= 0.3 is 0 Å². The second kappa shape index (κ2) is 6.72. The number of nitrogens with one attached hydrogen (secondary N) is 1. The van der Waals surface area contributed by atoms with Gasteiger partial charge in [-0.1, -0.05) is 0 Å². The molecule has 0 atom stereocenters. The maximum Gasteiger partial charge on any atom is 0.153 e. The Labute approximate surface area is 158 Å². The van der Waals surface area contributed by atoms with E-state index in [4.69, 9.17) is 5.73 Å². The second-order valence-corrected chi connectivity index (χ2v) is 6.95. The van der Waals surface area contributed by atoms with Crippen LogP contribution in [0.3, 0.4) is 0 Å². The van der Waals surface area contributed by atoms with Crippen molar-refractivity contribution in [3.05, 3.63) is 60.7 Å². The Morgan fingerprint density at radius 3 is 2.67 bits per heavy atom. The first-order valence-corrected chi connectivity index (χ1v) is 8.94. The smallest absolute Gasteiger partial charge is 0.153 e. The average Bonchev–Trinajstić information content (AvgIpc) is 3.10. The van der Waals surface area contributed by atoms with E-state index in [1.807, 2.05) is 41.3 Å². The molecule has 0 aliphatic rings. The molecule has 1 aromatic carbocycles. The van der Waals surface area contributed by atoms with E-state index in [0.29, 0.717) is 11.7 Å². The van der Waals surface area contributed by atoms with Gasteiger partial charge in [0.1, 0.15) is 5.82 Å². The summed E-state index contributed by atoms with van der Waals surface area (Å²) in [5, 5.41) is 9.73. The molecule has 0 spiro atoms. The number of anilines is 3. The summed E-state index contributed by atoms with van der Waals surface area (Å²) in [5.74, 6) is 1.50. The minimum atomic E-state index is 0.315. The number of nitrogens with zero attached hydrogens (tertiary/aromatic N) is 4. The van der Waals surface area contributed by atoms with Crippen molar-refractivity contribution in [1.29, 1.82) is 0 Å². The Bertz CT molecular complexity index is 1110. The molecule has 0 saturated heterocycles. The third-order valence-electron chi connectivity index (χ3n) is 4.61. The van der Waals surface area contributed by atoms with Crippen molar-refractivity contribution in [3.63, 3.8) is 0 Å². The lowest BCUT2D eigenvalue weighted by Crippen LogP contribution is -2.02. The van der Waals surface area contributed by atoms with E-state index >= 15 is 0 Å². The van der Waals surface area contributed by atoms with Crippen LogP contribution in [0.1, 0.15) is 25.5 Å². The van der Waals surface area contributed by atoms with E-state index in [2.05, 4.69) is 47.2 Å². The summed E-state index contributed by atoms with van der Waals surface area (Å²) in [4.78, 5) is 8.73. The minimum Gasteiger partial charge on any atom is -0.398 e. The van der Waals surface area contributed by atoms with Crippen molar-refractivity contribution in [2.24, 2.45) is 0 Å². The molecule has 0 amide bonds. The van der Waals surface area contributed by atoms with Crippen molar-refractivity contribution >= 4 is 28.1 Å². The fraction of sp³-hybridized carbons (Fsp3) is 0.190. The van der Waals surface area contributed by atoms with Crippen LogP contribution >= 0.6 is 0 Å². The molecule has 27 heavy (non-hydrogen) atoms. The molecule has 6 nitrogen and oxygen atoms in total. The quantitative estimate of drug-likeness (QED) is 0.516. The Kier molecular flexibility index (Phi) is 4.24. The molecule has 0 aliphatic heterocycles. The van der Waals surface area contributed by atoms with E-state index < -0.39 is 0 Å². The molecule has 0 aliphatic carbocycles. The highest BCUT2D eigenvalue weighted by Crippen LogP contribution is 2.31. The van der Waals surface area contributed by atoms with Gasteiger partial charge in [-0.15, -0.1) is 0 Å². The number of nitrogens with two attached hydrogens (primary N) is 1. The van der Waals surface area contributed by atoms with Gasteiger partial charge < -0.3 is 11.1 Å². The van der Waals surface area contributed by atoms with Crippen LogP contribution in [-0.2, 0) is 0 Å². The van der Waals surface area contributed by atoms with Gasteiger partial charge in [-0.05, 0) is 61.5 Å². The van der Waals surface area contributed by atoms with Crippen LogP contribution in [0.5, 0.6) is 0 Å². The maximum absolute atomic E-state index is 6.29. The summed E-state index contributed by atoms with van der Waals surface area (Å²) in [7, 11) is 0. The molecule has 136 valence electrons. The third-order valence-corrected chi connectivity index (χ3v) is 4.61. The van der Waals surface area contributed by atoms with Gasteiger partial charge in [-0.25, -0.2) is 4.98 Å². The Hall–Kier alpha value is -3.41. The number of rotatable bonds is 4. The molecule has 0 radical (unpaired) electrons. The topological polar surface area (TPSA) is 81.6 Å². The predicted octanol–water partition coefficient (Wildman–Crippen LogP) is 4.71. The molecule has 3 N–H and O–H groups in total. The van der Waals surface area contributed by atoms with E-state index in [0.717, 1.165) is 39.1 Å². The third kappa shape index (κ3) is 3.33. The van der Waals surface area contributed by atoms with Crippen LogP contribution in [-0.4, -0.2) is 19.7 Å². The van der Waals surface area contributed by atoms with E-state index in [-0.39, 0.29) is 0 Å². The minimum absolute atomic E-state index is 0.315. The van der Waals surface area contributed by atoms with Crippen molar-refractivity contribution in [2.75, 3.05) is 11.1 Å². The molecule has 4 aromatic rings. The number of nitrogen functional groups attached to an aromatic ring is 1. The zero-order valence-corrected chi connectivity index (χ0v) is 15.6. The molecule has 3 aromatic heterocycles. The maximum atomic E-state index is 6.29. The summed E-state index contributed by atoms with van der Waals surface area (Å²) in [5.41, 5.74) is 10.3. The van der Waals surface area contributed by atoms with Crippen LogP contribution in [0.4, 0.5) is 17.3 Å². The van der Waals surface area contributed by atoms with Crippen molar-refractivity contribution in [2.45, 2.75) is 26.8 Å². The summed E-state index contributed by atoms with van der Waals surface area (Å²) in [6.07, 6.45) is 7.42. The number of hydrogen-bond donors (Lipinski definition) is 2. The molecule has 4 rings (SSSR count). The number of pyridine rings is 2. The number of aryl methyl sites for hydroxylation is 1. The van der Waals surface area contributed by atoms with Crippen molar-refractivity contribution in [1.82, 2.24) is 19.7 Å². The summed E-state index contributed by atoms with van der Waals surface area (Å²) in [6, 6.07) is 10.3. The van der Waals surface area contributed by atoms with E-state index in [1.54, 1.807) is 12.4 Å². The number of hydrogen-bond acceptors (Lipinski definition) is 5. The molecule has 0 fully saturated rings. The summed E-state index contributed by atoms with van der Waals surface area (Å²) < 4.78 is 1.91. The Morgan fingerprint density at radius 2 is 1.93 bits per heavy atom. The highest BCUT2D eigenvalue weighted by Gasteiger charge is 2.09. The van der Waals surface area contributed by atoms with Gasteiger partial charge in [-0.2, -0.15) is 5.10 Å². The highest BCUT2D eigenvalue weighted by atomic mass is 15.3. The molecule has 0 bridgehead atoms. The van der Waals surface area contributed by atoms with Crippen molar-refractivity contribution in [3.8, 4) is 11.1 Å². The van der Waals surface area contributed by atoms with E-state index in [9.17, 15) is 0 Å². The Morgan fingerprint density at radius 1 is 1.07 bits per heavy atom. The molecular weight excluding hydrogens is 336 g/mol. The van der Waals surface area contributed by atoms with Gasteiger partial charge in [0.05, 0.1) is 0 Å². The lowest BCUT2D eigenvalue weighted by Gasteiger charge is -2.11. The van der Waals surface area contributed by atoms with Crippen LogP contribution in [0.15, 0.2) is 55.1 Å². The van der Waals surface area contributed by atoms with Gasteiger partial charge in [-0.3, -0.25) is 9.67 Å². The number of fused-ring (bicyclic) bond motifs is 1. The first kappa shape index (κ1) is 17.0. The summed E-state index contributed by atoms with van der Waals surface area (Å²) in [6.45, 7) is 6.26. The van der Waals surface area contributed by atoms with Gasteiger partial charge in [0, 0.05) is 53.5 Å². The molecule has 6 heteroatoms. The second-order valence-electron chi connectivity index (χ2n) is 6.95. The monoisotopic (exact) mass is 358 g/mol. The van der Waals surface area contributed by atoms with Gasteiger partial charge in [0.2, 0.25) is 0 Å². The highest BCUT2D eigenvalue weighted by molar-refractivity contribution is 5.97. The molecule has 3 heterocycles. The standard InChI is InChI=1S/C21H22N6/c1-13(2)27-7-5-20(26-27)25-21-10-16-8-15(9-19(22)18(16)12-24-21)17-11-23-6-4-14(17)3/h4-13H,22H2,1-3H3,(H,24,25,26). The average molecular weight is 358 g/mol. The molecular formula is C21H22N6. The first-order chi connectivity index (χ1) is 13.0. The van der Waals surface area contributed by atoms with Crippen LogP contribution in [0, 0.1) is 6.92 Å². The molecule has 0 saturated carbocycles. The normalized spacial score (nSPS) is 11.3. The lowest BCUT2D eigenvalue weighted by molar-refractivity contribution is 0.534. The van der Waals surface area contributed by atoms with Crippen LogP contribution in [0.25, 0.3) is 21.9 Å². The van der Waals surface area contributed by atoms with Crippen LogP contribution < -0.4 is 11.1 Å². The van der Waals surface area contributed by atoms with Crippen LogP contribution in [0.2, 0.25) is 0 Å². The van der Waals surface area contributed by atoms with Gasteiger partial charge in [0.25, 0.3) is 0 Å².